The second-order valence-electron chi connectivity index (χ2n) is 12.7. The van der Waals surface area contributed by atoms with Crippen LogP contribution in [0.25, 0.3) is 6.08 Å². The molecular weight excluding hydrogens is 684 g/mol. The SMILES string of the molecule is COc1cc(C=CC(=O)N2CCN(C(=O)c3cc(CO)c(OC)c(OC)c3)CC2)ccc1OCCOc1cc2c(cc1CO)C(=O)N1CCC[C@H]1C=N2. The van der Waals surface area contributed by atoms with Crippen molar-refractivity contribution in [3.63, 3.8) is 0 Å². The van der Waals surface area contributed by atoms with Gasteiger partial charge in [0.05, 0.1) is 51.8 Å². The summed E-state index contributed by atoms with van der Waals surface area (Å²) in [5.74, 6) is 1.64. The van der Waals surface area contributed by atoms with Gasteiger partial charge in [0, 0.05) is 67.8 Å². The van der Waals surface area contributed by atoms with Crippen LogP contribution in [0, 0.1) is 0 Å². The van der Waals surface area contributed by atoms with E-state index in [-0.39, 0.29) is 50.2 Å². The van der Waals surface area contributed by atoms with E-state index in [2.05, 4.69) is 4.99 Å². The molecule has 0 unspecified atom stereocenters. The van der Waals surface area contributed by atoms with E-state index in [1.54, 1.807) is 58.3 Å². The third-order valence-corrected chi connectivity index (χ3v) is 9.58. The highest BCUT2D eigenvalue weighted by molar-refractivity contribution is 6.03. The number of nitrogens with zero attached hydrogens (tertiary/aromatic N) is 4. The maximum atomic E-state index is 13.3. The van der Waals surface area contributed by atoms with Crippen molar-refractivity contribution in [2.75, 3.05) is 67.3 Å². The fourth-order valence-corrected chi connectivity index (χ4v) is 6.75. The van der Waals surface area contributed by atoms with Crippen LogP contribution in [0.2, 0.25) is 0 Å². The number of ether oxygens (including phenoxy) is 5. The van der Waals surface area contributed by atoms with Crippen LogP contribution in [0.4, 0.5) is 5.69 Å². The molecule has 1 atom stereocenters. The Balaban J connectivity index is 1.01. The Kier molecular flexibility index (Phi) is 11.8. The van der Waals surface area contributed by atoms with E-state index in [4.69, 9.17) is 23.7 Å². The molecule has 6 rings (SSSR count). The summed E-state index contributed by atoms with van der Waals surface area (Å²) in [5, 5.41) is 19.8. The largest absolute Gasteiger partial charge is 0.493 e. The fraction of sp³-hybridized carbons (Fsp3) is 0.385. The molecular formula is C39H44N4O10. The molecule has 0 aliphatic carbocycles. The van der Waals surface area contributed by atoms with Crippen LogP contribution < -0.4 is 23.7 Å². The minimum atomic E-state index is -0.309. The fourth-order valence-electron chi connectivity index (χ4n) is 6.75. The van der Waals surface area contributed by atoms with Crippen LogP contribution in [0.15, 0.2) is 53.5 Å². The molecule has 14 nitrogen and oxygen atoms in total. The first-order valence-electron chi connectivity index (χ1n) is 17.5. The van der Waals surface area contributed by atoms with Crippen molar-refractivity contribution in [3.8, 4) is 28.7 Å². The maximum absolute atomic E-state index is 13.3. The summed E-state index contributed by atoms with van der Waals surface area (Å²) in [6.07, 6.45) is 6.83. The summed E-state index contributed by atoms with van der Waals surface area (Å²) >= 11 is 0. The molecule has 0 bridgehead atoms. The number of methoxy groups -OCH3 is 3. The second kappa shape index (κ2) is 16.8. The van der Waals surface area contributed by atoms with Crippen molar-refractivity contribution in [3.05, 3.63) is 76.4 Å². The molecule has 3 amide bonds. The molecule has 0 saturated carbocycles. The van der Waals surface area contributed by atoms with E-state index in [1.807, 2.05) is 11.1 Å². The van der Waals surface area contributed by atoms with Crippen LogP contribution in [0.3, 0.4) is 0 Å². The number of hydrogen-bond acceptors (Lipinski definition) is 11. The van der Waals surface area contributed by atoms with Crippen molar-refractivity contribution in [2.45, 2.75) is 32.1 Å². The molecule has 0 spiro atoms. The number of fused-ring (bicyclic) bond motifs is 2. The molecule has 2 saturated heterocycles. The van der Waals surface area contributed by atoms with Crippen LogP contribution in [0.5, 0.6) is 28.7 Å². The van der Waals surface area contributed by atoms with Gasteiger partial charge in [-0.2, -0.15) is 0 Å². The Bertz CT molecular complexity index is 1880. The zero-order valence-corrected chi connectivity index (χ0v) is 30.1. The quantitative estimate of drug-likeness (QED) is 0.197. The lowest BCUT2D eigenvalue weighted by molar-refractivity contribution is -0.127. The number of carbonyl (C=O) groups is 3. The molecule has 2 N–H and O–H groups in total. The highest BCUT2D eigenvalue weighted by Gasteiger charge is 2.32. The summed E-state index contributed by atoms with van der Waals surface area (Å²) in [6.45, 7) is 1.86. The van der Waals surface area contributed by atoms with Crippen molar-refractivity contribution >= 4 is 35.7 Å². The van der Waals surface area contributed by atoms with Gasteiger partial charge in [0.25, 0.3) is 11.8 Å². The van der Waals surface area contributed by atoms with Gasteiger partial charge in [0.2, 0.25) is 5.91 Å². The lowest BCUT2D eigenvalue weighted by Crippen LogP contribution is -2.50. The molecule has 280 valence electrons. The van der Waals surface area contributed by atoms with E-state index < -0.39 is 0 Å². The Hall–Kier alpha value is -5.60. The van der Waals surface area contributed by atoms with Crippen molar-refractivity contribution in [2.24, 2.45) is 4.99 Å². The Morgan fingerprint density at radius 1 is 0.811 bits per heavy atom. The van der Waals surface area contributed by atoms with E-state index in [0.29, 0.717) is 89.4 Å². The number of rotatable bonds is 13. The topological polar surface area (TPSA) is 160 Å². The van der Waals surface area contributed by atoms with Gasteiger partial charge in [-0.05, 0) is 54.8 Å². The van der Waals surface area contributed by atoms with E-state index in [0.717, 1.165) is 18.4 Å². The van der Waals surface area contributed by atoms with Crippen LogP contribution >= 0.6 is 0 Å². The molecule has 2 fully saturated rings. The van der Waals surface area contributed by atoms with Crippen molar-refractivity contribution < 1.29 is 48.3 Å². The standard InChI is InChI=1S/C39H44N4O10/c1-49-34-17-25(7-9-36(46)41-11-13-42(14-12-41)38(47)26-18-28(24-45)37(51-3)35(20-26)50-2)6-8-32(34)52-15-16-53-33-21-31-30(19-27(33)23-44)39(48)43-10-4-5-29(43)22-40-31/h6-9,17-22,29,44-45H,4-5,10-16,23-24H2,1-3H3/t29-/m0/s1. The number of aliphatic hydroxyl groups excluding tert-OH is 2. The predicted molar refractivity (Wildman–Crippen MR) is 196 cm³/mol. The Morgan fingerprint density at radius 2 is 1.53 bits per heavy atom. The van der Waals surface area contributed by atoms with Gasteiger partial charge in [-0.25, -0.2) is 0 Å². The molecule has 3 heterocycles. The number of aliphatic imine (C=N–C) groups is 1. The van der Waals surface area contributed by atoms with Gasteiger partial charge in [-0.15, -0.1) is 0 Å². The summed E-state index contributed by atoms with van der Waals surface area (Å²) in [7, 11) is 4.47. The number of benzene rings is 3. The summed E-state index contributed by atoms with van der Waals surface area (Å²) < 4.78 is 28.1. The summed E-state index contributed by atoms with van der Waals surface area (Å²) in [5.41, 5.74) is 3.02. The van der Waals surface area contributed by atoms with E-state index in [1.165, 1.54) is 27.4 Å². The normalized spacial score (nSPS) is 16.7. The van der Waals surface area contributed by atoms with Gasteiger partial charge < -0.3 is 48.6 Å². The smallest absolute Gasteiger partial charge is 0.256 e. The molecule has 3 aliphatic rings. The average molecular weight is 729 g/mol. The van der Waals surface area contributed by atoms with Gasteiger partial charge in [-0.3, -0.25) is 19.4 Å². The number of aliphatic hydroxyl groups is 2. The summed E-state index contributed by atoms with van der Waals surface area (Å²) in [6, 6.07) is 11.8. The molecule has 53 heavy (non-hydrogen) atoms. The monoisotopic (exact) mass is 728 g/mol. The highest BCUT2D eigenvalue weighted by atomic mass is 16.5. The number of amides is 3. The highest BCUT2D eigenvalue weighted by Crippen LogP contribution is 2.35. The molecule has 3 aliphatic heterocycles. The molecule has 0 radical (unpaired) electrons. The number of carbonyl (C=O) groups excluding carboxylic acids is 3. The minimum Gasteiger partial charge on any atom is -0.493 e. The third kappa shape index (κ3) is 8.08. The maximum Gasteiger partial charge on any atom is 0.256 e. The minimum absolute atomic E-state index is 0.0110. The lowest BCUT2D eigenvalue weighted by atomic mass is 10.1. The van der Waals surface area contributed by atoms with Crippen LogP contribution in [0.1, 0.15) is 50.2 Å². The lowest BCUT2D eigenvalue weighted by Gasteiger charge is -2.34. The van der Waals surface area contributed by atoms with E-state index >= 15 is 0 Å². The third-order valence-electron chi connectivity index (χ3n) is 9.58. The zero-order chi connectivity index (χ0) is 37.5. The number of hydrogen-bond donors (Lipinski definition) is 2. The second-order valence-corrected chi connectivity index (χ2v) is 12.7. The first-order chi connectivity index (χ1) is 25.8. The van der Waals surface area contributed by atoms with E-state index in [9.17, 15) is 24.6 Å². The Labute approximate surface area is 307 Å². The predicted octanol–water partition coefficient (Wildman–Crippen LogP) is 3.47. The summed E-state index contributed by atoms with van der Waals surface area (Å²) in [4.78, 5) is 49.1. The van der Waals surface area contributed by atoms with Crippen molar-refractivity contribution in [1.82, 2.24) is 14.7 Å². The average Bonchev–Trinajstić information content (AvgIpc) is 3.63. The Morgan fingerprint density at radius 3 is 2.23 bits per heavy atom. The van der Waals surface area contributed by atoms with Crippen molar-refractivity contribution in [1.29, 1.82) is 0 Å². The van der Waals surface area contributed by atoms with Gasteiger partial charge in [0.1, 0.15) is 19.0 Å². The van der Waals surface area contributed by atoms with Gasteiger partial charge in [-0.1, -0.05) is 6.07 Å². The van der Waals surface area contributed by atoms with Crippen LogP contribution in [-0.2, 0) is 18.0 Å². The van der Waals surface area contributed by atoms with Gasteiger partial charge in [0.15, 0.2) is 23.0 Å². The molecule has 3 aromatic rings. The zero-order valence-electron chi connectivity index (χ0n) is 30.1. The first kappa shape index (κ1) is 37.2. The first-order valence-corrected chi connectivity index (χ1v) is 17.5. The molecule has 0 aromatic heterocycles. The van der Waals surface area contributed by atoms with Crippen LogP contribution in [-0.4, -0.2) is 122 Å². The molecule has 3 aromatic carbocycles. The van der Waals surface area contributed by atoms with Gasteiger partial charge >= 0.3 is 0 Å². The molecule has 14 heteroatoms. The number of piperazine rings is 1.